The highest BCUT2D eigenvalue weighted by Gasteiger charge is 2.15. The third kappa shape index (κ3) is 4.49. The maximum Gasteiger partial charge on any atom is 0.323 e. The van der Waals surface area contributed by atoms with Crippen LogP contribution in [0.1, 0.15) is 50.7 Å². The third-order valence-corrected chi connectivity index (χ3v) is 3.97. The number of rotatable bonds is 4. The highest BCUT2D eigenvalue weighted by atomic mass is 35.5. The first-order valence-corrected chi connectivity index (χ1v) is 8.22. The summed E-state index contributed by atoms with van der Waals surface area (Å²) in [5.74, 6) is 0.666. The van der Waals surface area contributed by atoms with E-state index in [1.807, 2.05) is 6.07 Å². The molecule has 23 heavy (non-hydrogen) atoms. The van der Waals surface area contributed by atoms with Crippen molar-refractivity contribution in [2.24, 2.45) is 0 Å². The van der Waals surface area contributed by atoms with Crippen molar-refractivity contribution in [1.82, 2.24) is 0 Å². The van der Waals surface area contributed by atoms with Gasteiger partial charge >= 0.3 is 6.03 Å². The normalized spacial score (nSPS) is 10.9. The first kappa shape index (κ1) is 17.4. The Hall–Kier alpha value is -2.00. The van der Waals surface area contributed by atoms with E-state index in [9.17, 15) is 4.79 Å². The molecule has 0 atom stereocenters. The summed E-state index contributed by atoms with van der Waals surface area (Å²) in [6, 6.07) is 13.0. The first-order chi connectivity index (χ1) is 10.9. The lowest BCUT2D eigenvalue weighted by atomic mass is 9.93. The lowest BCUT2D eigenvalue weighted by molar-refractivity contribution is 0.262. The van der Waals surface area contributed by atoms with Crippen molar-refractivity contribution >= 4 is 29.0 Å². The van der Waals surface area contributed by atoms with E-state index in [1.165, 1.54) is 0 Å². The molecule has 0 aliphatic carbocycles. The van der Waals surface area contributed by atoms with Gasteiger partial charge in [0.1, 0.15) is 0 Å². The summed E-state index contributed by atoms with van der Waals surface area (Å²) in [7, 11) is 0. The summed E-state index contributed by atoms with van der Waals surface area (Å²) >= 11 is 5.86. The van der Waals surface area contributed by atoms with Crippen LogP contribution in [0.25, 0.3) is 0 Å². The summed E-state index contributed by atoms with van der Waals surface area (Å²) in [6.07, 6.45) is 0. The van der Waals surface area contributed by atoms with Gasteiger partial charge in [0.05, 0.1) is 0 Å². The summed E-state index contributed by atoms with van der Waals surface area (Å²) < 4.78 is 0. The molecule has 122 valence electrons. The van der Waals surface area contributed by atoms with Crippen LogP contribution in [0, 0.1) is 0 Å². The molecule has 2 rings (SSSR count). The molecule has 0 aliphatic heterocycles. The smallest absolute Gasteiger partial charge is 0.308 e. The van der Waals surface area contributed by atoms with Crippen molar-refractivity contribution in [2.75, 3.05) is 10.6 Å². The third-order valence-electron chi connectivity index (χ3n) is 3.71. The second-order valence-electron chi connectivity index (χ2n) is 6.21. The number of benzene rings is 2. The zero-order valence-corrected chi connectivity index (χ0v) is 14.7. The minimum absolute atomic E-state index is 0.248. The first-order valence-electron chi connectivity index (χ1n) is 7.85. The van der Waals surface area contributed by atoms with Crippen LogP contribution in [0.4, 0.5) is 16.2 Å². The number of halogens is 1. The van der Waals surface area contributed by atoms with E-state index in [4.69, 9.17) is 11.6 Å². The van der Waals surface area contributed by atoms with Crippen LogP contribution in [0.3, 0.4) is 0 Å². The number of hydrogen-bond donors (Lipinski definition) is 2. The van der Waals surface area contributed by atoms with Crippen molar-refractivity contribution < 1.29 is 4.79 Å². The van der Waals surface area contributed by atoms with Crippen LogP contribution in [0.2, 0.25) is 5.02 Å². The van der Waals surface area contributed by atoms with E-state index in [2.05, 4.69) is 50.5 Å². The van der Waals surface area contributed by atoms with Crippen molar-refractivity contribution in [3.05, 3.63) is 58.6 Å². The molecule has 0 unspecified atom stereocenters. The Morgan fingerprint density at radius 1 is 0.870 bits per heavy atom. The molecule has 2 aromatic rings. The summed E-state index contributed by atoms with van der Waals surface area (Å²) in [5.41, 5.74) is 3.90. The van der Waals surface area contributed by atoms with Crippen LogP contribution in [-0.2, 0) is 0 Å². The van der Waals surface area contributed by atoms with E-state index in [1.54, 1.807) is 24.3 Å². The topological polar surface area (TPSA) is 41.1 Å². The molecule has 2 aromatic carbocycles. The van der Waals surface area contributed by atoms with Gasteiger partial charge in [-0.05, 0) is 47.2 Å². The van der Waals surface area contributed by atoms with Crippen LogP contribution in [-0.4, -0.2) is 6.03 Å². The zero-order valence-electron chi connectivity index (χ0n) is 14.0. The molecule has 0 radical (unpaired) electrons. The molecule has 2 N–H and O–H groups in total. The summed E-state index contributed by atoms with van der Waals surface area (Å²) in [6.45, 7) is 8.51. The van der Waals surface area contributed by atoms with Crippen LogP contribution >= 0.6 is 11.6 Å². The van der Waals surface area contributed by atoms with Crippen LogP contribution in [0.5, 0.6) is 0 Å². The number of hydrogen-bond acceptors (Lipinski definition) is 1. The lowest BCUT2D eigenvalue weighted by Gasteiger charge is -2.20. The fourth-order valence-electron chi connectivity index (χ4n) is 2.50. The van der Waals surface area contributed by atoms with Gasteiger partial charge in [-0.25, -0.2) is 4.79 Å². The average Bonchev–Trinajstić information content (AvgIpc) is 2.49. The van der Waals surface area contributed by atoms with Crippen molar-refractivity contribution in [1.29, 1.82) is 0 Å². The van der Waals surface area contributed by atoms with E-state index < -0.39 is 0 Å². The van der Waals surface area contributed by atoms with Gasteiger partial charge in [-0.3, -0.25) is 0 Å². The minimum atomic E-state index is -0.248. The highest BCUT2D eigenvalue weighted by Crippen LogP contribution is 2.32. The molecule has 0 spiro atoms. The van der Waals surface area contributed by atoms with Gasteiger partial charge in [0, 0.05) is 16.4 Å². The molecular weight excluding hydrogens is 308 g/mol. The maximum absolute atomic E-state index is 12.4. The second kappa shape index (κ2) is 7.51. The van der Waals surface area contributed by atoms with Crippen LogP contribution in [0.15, 0.2) is 42.5 Å². The Morgan fingerprint density at radius 3 is 1.87 bits per heavy atom. The molecule has 0 fully saturated rings. The van der Waals surface area contributed by atoms with E-state index >= 15 is 0 Å². The Balaban J connectivity index is 2.24. The van der Waals surface area contributed by atoms with Crippen LogP contribution < -0.4 is 10.6 Å². The molecule has 3 nitrogen and oxygen atoms in total. The van der Waals surface area contributed by atoms with Crippen molar-refractivity contribution in [2.45, 2.75) is 39.5 Å². The Morgan fingerprint density at radius 2 is 1.39 bits per heavy atom. The van der Waals surface area contributed by atoms with Gasteiger partial charge in [0.2, 0.25) is 0 Å². The quantitative estimate of drug-likeness (QED) is 0.685. The zero-order chi connectivity index (χ0) is 17.0. The molecule has 0 aliphatic rings. The number of nitrogens with one attached hydrogen (secondary N) is 2. The standard InChI is InChI=1S/C19H23ClN2O/c1-12(2)16-6-5-7-17(13(3)4)18(16)22-19(23)21-15-10-8-14(20)9-11-15/h5-13H,1-4H3,(H2,21,22,23). The number of urea groups is 1. The Kier molecular flexibility index (Phi) is 5.67. The van der Waals surface area contributed by atoms with Crippen molar-refractivity contribution in [3.63, 3.8) is 0 Å². The Labute approximate surface area is 143 Å². The Bertz CT molecular complexity index is 652. The van der Waals surface area contributed by atoms with E-state index in [-0.39, 0.29) is 6.03 Å². The molecular formula is C19H23ClN2O. The molecule has 0 aromatic heterocycles. The van der Waals surface area contributed by atoms with E-state index in [0.29, 0.717) is 22.5 Å². The second-order valence-corrected chi connectivity index (χ2v) is 6.64. The number of carbonyl (C=O) groups is 1. The molecule has 0 saturated carbocycles. The number of anilines is 2. The predicted octanol–water partition coefficient (Wildman–Crippen LogP) is 6.23. The van der Waals surface area contributed by atoms with Gasteiger partial charge in [-0.1, -0.05) is 57.5 Å². The molecule has 0 saturated heterocycles. The fourth-order valence-corrected chi connectivity index (χ4v) is 2.63. The van der Waals surface area contributed by atoms with Gasteiger partial charge in [0.15, 0.2) is 0 Å². The monoisotopic (exact) mass is 330 g/mol. The fraction of sp³-hybridized carbons (Fsp3) is 0.316. The van der Waals surface area contributed by atoms with E-state index in [0.717, 1.165) is 16.8 Å². The maximum atomic E-state index is 12.4. The largest absolute Gasteiger partial charge is 0.323 e. The molecule has 4 heteroatoms. The van der Waals surface area contributed by atoms with Crippen molar-refractivity contribution in [3.8, 4) is 0 Å². The minimum Gasteiger partial charge on any atom is -0.308 e. The molecule has 0 bridgehead atoms. The number of amides is 2. The average molecular weight is 331 g/mol. The summed E-state index contributed by atoms with van der Waals surface area (Å²) in [4.78, 5) is 12.4. The van der Waals surface area contributed by atoms with Gasteiger partial charge in [-0.2, -0.15) is 0 Å². The molecule has 0 heterocycles. The predicted molar refractivity (Wildman–Crippen MR) is 98.7 cm³/mol. The lowest BCUT2D eigenvalue weighted by Crippen LogP contribution is -2.21. The number of carbonyl (C=O) groups excluding carboxylic acids is 1. The summed E-state index contributed by atoms with van der Waals surface area (Å²) in [5, 5.41) is 6.50. The van der Waals surface area contributed by atoms with Gasteiger partial charge < -0.3 is 10.6 Å². The van der Waals surface area contributed by atoms with Gasteiger partial charge in [0.25, 0.3) is 0 Å². The van der Waals surface area contributed by atoms with Gasteiger partial charge in [-0.15, -0.1) is 0 Å². The number of para-hydroxylation sites is 1. The molecule has 2 amide bonds. The SMILES string of the molecule is CC(C)c1cccc(C(C)C)c1NC(=O)Nc1ccc(Cl)cc1. The highest BCUT2D eigenvalue weighted by molar-refractivity contribution is 6.30.